The summed E-state index contributed by atoms with van der Waals surface area (Å²) in [6, 6.07) is 12.0. The second kappa shape index (κ2) is 8.81. The van der Waals surface area contributed by atoms with Gasteiger partial charge < -0.3 is 15.1 Å². The van der Waals surface area contributed by atoms with E-state index in [0.717, 1.165) is 12.1 Å². The van der Waals surface area contributed by atoms with Gasteiger partial charge in [-0.25, -0.2) is 8.78 Å². The molecule has 0 spiro atoms. The molecule has 1 N–H and O–H groups in total. The Hall–Kier alpha value is -3.29. The number of rotatable bonds is 6. The van der Waals surface area contributed by atoms with Crippen LogP contribution in [0, 0.1) is 17.6 Å². The lowest BCUT2D eigenvalue weighted by Gasteiger charge is -2.34. The van der Waals surface area contributed by atoms with Crippen LogP contribution in [0.1, 0.15) is 12.5 Å². The molecule has 152 valence electrons. The molecule has 0 aliphatic carbocycles. The molecule has 1 fully saturated rings. The summed E-state index contributed by atoms with van der Waals surface area (Å²) in [7, 11) is 0. The first kappa shape index (κ1) is 20.4. The standard InChI is InChI=1S/C21H21F2N3O3/c1-14(19(27)24-12-15-7-8-16(22)11-18(15)23)13-25-9-10-26(21(29)20(25)28)17-5-3-2-4-6-17/h2-8,11,14H,9-10,12-13H2,1H3,(H,24,27). The fourth-order valence-corrected chi connectivity index (χ4v) is 3.14. The molecule has 8 heteroatoms. The minimum absolute atomic E-state index is 0.0743. The highest BCUT2D eigenvalue weighted by molar-refractivity contribution is 6.41. The number of para-hydroxylation sites is 1. The Balaban J connectivity index is 1.55. The van der Waals surface area contributed by atoms with Gasteiger partial charge in [0.1, 0.15) is 11.6 Å². The molecule has 0 radical (unpaired) electrons. The Morgan fingerprint density at radius 2 is 1.79 bits per heavy atom. The predicted molar refractivity (Wildman–Crippen MR) is 103 cm³/mol. The summed E-state index contributed by atoms with van der Waals surface area (Å²) in [5.74, 6) is -3.72. The van der Waals surface area contributed by atoms with Gasteiger partial charge in [-0.1, -0.05) is 31.2 Å². The van der Waals surface area contributed by atoms with Gasteiger partial charge in [0.15, 0.2) is 0 Å². The predicted octanol–water partition coefficient (Wildman–Crippen LogP) is 2.09. The van der Waals surface area contributed by atoms with E-state index in [0.29, 0.717) is 18.8 Å². The Labute approximate surface area is 167 Å². The Morgan fingerprint density at radius 3 is 2.48 bits per heavy atom. The lowest BCUT2D eigenvalue weighted by atomic mass is 10.1. The molecule has 1 aliphatic heterocycles. The quantitative estimate of drug-likeness (QED) is 0.754. The molecule has 2 aromatic rings. The number of hydrogen-bond donors (Lipinski definition) is 1. The van der Waals surface area contributed by atoms with Gasteiger partial charge in [0.05, 0.1) is 5.92 Å². The maximum Gasteiger partial charge on any atom is 0.316 e. The third kappa shape index (κ3) is 4.77. The van der Waals surface area contributed by atoms with Crippen molar-refractivity contribution in [3.8, 4) is 0 Å². The maximum absolute atomic E-state index is 13.7. The molecule has 1 heterocycles. The van der Waals surface area contributed by atoms with Crippen molar-refractivity contribution < 1.29 is 23.2 Å². The first-order valence-corrected chi connectivity index (χ1v) is 9.24. The monoisotopic (exact) mass is 401 g/mol. The summed E-state index contributed by atoms with van der Waals surface area (Å²) in [6.45, 7) is 2.25. The Morgan fingerprint density at radius 1 is 1.07 bits per heavy atom. The average molecular weight is 401 g/mol. The fourth-order valence-electron chi connectivity index (χ4n) is 3.14. The van der Waals surface area contributed by atoms with Crippen LogP contribution in [0.4, 0.5) is 14.5 Å². The average Bonchev–Trinajstić information content (AvgIpc) is 2.71. The van der Waals surface area contributed by atoms with Gasteiger partial charge in [0.2, 0.25) is 5.91 Å². The van der Waals surface area contributed by atoms with Crippen molar-refractivity contribution in [1.82, 2.24) is 10.2 Å². The summed E-state index contributed by atoms with van der Waals surface area (Å²) in [6.07, 6.45) is 0. The number of carbonyl (C=O) groups is 3. The van der Waals surface area contributed by atoms with E-state index < -0.39 is 29.4 Å². The zero-order chi connectivity index (χ0) is 21.0. The van der Waals surface area contributed by atoms with Gasteiger partial charge >= 0.3 is 11.8 Å². The fraction of sp³-hybridized carbons (Fsp3) is 0.286. The number of amides is 3. The van der Waals surface area contributed by atoms with Crippen LogP contribution in [0.2, 0.25) is 0 Å². The summed E-state index contributed by atoms with van der Waals surface area (Å²) in [4.78, 5) is 39.9. The van der Waals surface area contributed by atoms with Gasteiger partial charge in [-0.05, 0) is 18.2 Å². The highest BCUT2D eigenvalue weighted by Crippen LogP contribution is 2.18. The molecule has 29 heavy (non-hydrogen) atoms. The van der Waals surface area contributed by atoms with E-state index >= 15 is 0 Å². The van der Waals surface area contributed by atoms with Crippen molar-refractivity contribution in [1.29, 1.82) is 0 Å². The Bertz CT molecular complexity index is 921. The molecule has 2 aromatic carbocycles. The Kier molecular flexibility index (Phi) is 6.21. The van der Waals surface area contributed by atoms with Gasteiger partial charge in [-0.2, -0.15) is 0 Å². The molecule has 1 aliphatic rings. The van der Waals surface area contributed by atoms with Crippen molar-refractivity contribution in [2.75, 3.05) is 24.5 Å². The van der Waals surface area contributed by atoms with E-state index in [4.69, 9.17) is 0 Å². The van der Waals surface area contributed by atoms with Crippen LogP contribution < -0.4 is 10.2 Å². The van der Waals surface area contributed by atoms with Crippen LogP contribution in [-0.4, -0.2) is 42.3 Å². The largest absolute Gasteiger partial charge is 0.352 e. The number of nitrogens with zero attached hydrogens (tertiary/aromatic N) is 2. The lowest BCUT2D eigenvalue weighted by Crippen LogP contribution is -2.56. The number of halogens is 2. The van der Waals surface area contributed by atoms with Gasteiger partial charge in [0.25, 0.3) is 0 Å². The van der Waals surface area contributed by atoms with E-state index in [2.05, 4.69) is 5.32 Å². The first-order chi connectivity index (χ1) is 13.9. The highest BCUT2D eigenvalue weighted by atomic mass is 19.1. The smallest absolute Gasteiger partial charge is 0.316 e. The molecular formula is C21H21F2N3O3. The summed E-state index contributed by atoms with van der Waals surface area (Å²) in [5, 5.41) is 2.57. The molecule has 1 unspecified atom stereocenters. The molecule has 1 saturated heterocycles. The highest BCUT2D eigenvalue weighted by Gasteiger charge is 2.34. The second-order valence-electron chi connectivity index (χ2n) is 6.90. The zero-order valence-corrected chi connectivity index (χ0v) is 15.9. The zero-order valence-electron chi connectivity index (χ0n) is 15.9. The van der Waals surface area contributed by atoms with Crippen LogP contribution in [0.25, 0.3) is 0 Å². The van der Waals surface area contributed by atoms with Crippen LogP contribution >= 0.6 is 0 Å². The number of carbonyl (C=O) groups excluding carboxylic acids is 3. The second-order valence-corrected chi connectivity index (χ2v) is 6.90. The molecule has 0 bridgehead atoms. The number of anilines is 1. The minimum Gasteiger partial charge on any atom is -0.352 e. The number of piperazine rings is 1. The molecule has 6 nitrogen and oxygen atoms in total. The molecule has 3 rings (SSSR count). The van der Waals surface area contributed by atoms with E-state index in [9.17, 15) is 23.2 Å². The SMILES string of the molecule is CC(CN1CCN(c2ccccc2)C(=O)C1=O)C(=O)NCc1ccc(F)cc1F. The van der Waals surface area contributed by atoms with Crippen molar-refractivity contribution in [2.45, 2.75) is 13.5 Å². The van der Waals surface area contributed by atoms with E-state index in [1.165, 1.54) is 15.9 Å². The van der Waals surface area contributed by atoms with Crippen molar-refractivity contribution in [2.24, 2.45) is 5.92 Å². The van der Waals surface area contributed by atoms with Gasteiger partial charge in [-0.3, -0.25) is 14.4 Å². The van der Waals surface area contributed by atoms with Crippen LogP contribution in [0.3, 0.4) is 0 Å². The lowest BCUT2D eigenvalue weighted by molar-refractivity contribution is -0.147. The van der Waals surface area contributed by atoms with E-state index in [1.54, 1.807) is 31.2 Å². The van der Waals surface area contributed by atoms with Crippen molar-refractivity contribution in [3.63, 3.8) is 0 Å². The van der Waals surface area contributed by atoms with E-state index in [-0.39, 0.29) is 24.6 Å². The van der Waals surface area contributed by atoms with Crippen molar-refractivity contribution in [3.05, 3.63) is 65.7 Å². The van der Waals surface area contributed by atoms with Gasteiger partial charge in [0, 0.05) is 43.5 Å². The molecule has 3 amide bonds. The van der Waals surface area contributed by atoms with Crippen LogP contribution in [0.5, 0.6) is 0 Å². The topological polar surface area (TPSA) is 69.7 Å². The van der Waals surface area contributed by atoms with E-state index in [1.807, 2.05) is 6.07 Å². The minimum atomic E-state index is -0.740. The first-order valence-electron chi connectivity index (χ1n) is 9.24. The number of nitrogens with one attached hydrogen (secondary N) is 1. The molecular weight excluding hydrogens is 380 g/mol. The molecule has 0 saturated carbocycles. The summed E-state index contributed by atoms with van der Waals surface area (Å²) < 4.78 is 26.6. The van der Waals surface area contributed by atoms with Gasteiger partial charge in [-0.15, -0.1) is 0 Å². The molecule has 1 atom stereocenters. The third-order valence-electron chi connectivity index (χ3n) is 4.79. The summed E-state index contributed by atoms with van der Waals surface area (Å²) in [5.41, 5.74) is 0.812. The van der Waals surface area contributed by atoms with Crippen molar-refractivity contribution >= 4 is 23.4 Å². The normalized spacial score (nSPS) is 15.4. The maximum atomic E-state index is 13.7. The number of benzene rings is 2. The van der Waals surface area contributed by atoms with Crippen LogP contribution in [-0.2, 0) is 20.9 Å². The van der Waals surface area contributed by atoms with Crippen LogP contribution in [0.15, 0.2) is 48.5 Å². The molecule has 0 aromatic heterocycles. The number of hydrogen-bond acceptors (Lipinski definition) is 3. The summed E-state index contributed by atoms with van der Waals surface area (Å²) >= 11 is 0. The third-order valence-corrected chi connectivity index (χ3v) is 4.79.